The van der Waals surface area contributed by atoms with Crippen LogP contribution in [0.25, 0.3) is 0 Å². The van der Waals surface area contributed by atoms with Gasteiger partial charge < -0.3 is 15.8 Å². The van der Waals surface area contributed by atoms with Gasteiger partial charge >= 0.3 is 6.36 Å². The Hall–Kier alpha value is -1.96. The van der Waals surface area contributed by atoms with Gasteiger partial charge in [0.25, 0.3) is 0 Å². The summed E-state index contributed by atoms with van der Waals surface area (Å²) in [6.07, 6.45) is -2.26. The average Bonchev–Trinajstić information content (AvgIpc) is 2.54. The minimum atomic E-state index is -4.70. The number of rotatable bonds is 5. The molecule has 1 aliphatic rings. The first kappa shape index (κ1) is 20.4. The van der Waals surface area contributed by atoms with Crippen molar-refractivity contribution in [3.63, 3.8) is 0 Å². The molecule has 0 saturated carbocycles. The molecule has 5 nitrogen and oxygen atoms in total. The van der Waals surface area contributed by atoms with E-state index in [1.54, 1.807) is 0 Å². The lowest BCUT2D eigenvalue weighted by atomic mass is 9.94. The fourth-order valence-corrected chi connectivity index (χ4v) is 3.05. The van der Waals surface area contributed by atoms with Gasteiger partial charge in [-0.3, -0.25) is 9.89 Å². The lowest BCUT2D eigenvalue weighted by Gasteiger charge is -2.42. The molecule has 2 rings (SSSR count). The van der Waals surface area contributed by atoms with Gasteiger partial charge in [-0.1, -0.05) is 6.92 Å². The monoisotopic (exact) mass is 372 g/mol. The molecule has 0 aromatic heterocycles. The molecule has 8 heteroatoms. The van der Waals surface area contributed by atoms with E-state index in [1.165, 1.54) is 37.1 Å². The second kappa shape index (κ2) is 8.16. The van der Waals surface area contributed by atoms with E-state index in [4.69, 9.17) is 5.73 Å². The van der Waals surface area contributed by atoms with E-state index in [0.29, 0.717) is 18.2 Å². The van der Waals surface area contributed by atoms with Crippen LogP contribution in [0, 0.1) is 5.92 Å². The van der Waals surface area contributed by atoms with Crippen molar-refractivity contribution in [1.82, 2.24) is 4.90 Å². The molecule has 0 radical (unpaired) electrons. The average molecular weight is 372 g/mol. The van der Waals surface area contributed by atoms with E-state index < -0.39 is 6.36 Å². The summed E-state index contributed by atoms with van der Waals surface area (Å²) in [7, 11) is 0. The smallest absolute Gasteiger partial charge is 0.406 e. The number of aliphatic imine (C=N–C) groups is 1. The molecule has 1 aromatic carbocycles. The Morgan fingerprint density at radius 2 is 1.96 bits per heavy atom. The zero-order valence-electron chi connectivity index (χ0n) is 15.4. The lowest BCUT2D eigenvalue weighted by Crippen LogP contribution is -2.51. The third kappa shape index (κ3) is 6.40. The predicted molar refractivity (Wildman–Crippen MR) is 97.3 cm³/mol. The molecule has 1 aromatic rings. The maximum absolute atomic E-state index is 12.2. The van der Waals surface area contributed by atoms with Gasteiger partial charge in [-0.25, -0.2) is 0 Å². The topological polar surface area (TPSA) is 62.9 Å². The molecule has 0 bridgehead atoms. The Balaban J connectivity index is 1.91. The summed E-state index contributed by atoms with van der Waals surface area (Å²) in [6.45, 7) is 9.19. The number of hydrogen-bond donors (Lipinski definition) is 2. The van der Waals surface area contributed by atoms with E-state index in [2.05, 4.69) is 40.7 Å². The van der Waals surface area contributed by atoms with Crippen LogP contribution in [-0.4, -0.2) is 42.4 Å². The van der Waals surface area contributed by atoms with Gasteiger partial charge in [0.05, 0.1) is 6.54 Å². The number of piperidine rings is 1. The van der Waals surface area contributed by atoms with Crippen molar-refractivity contribution >= 4 is 11.6 Å². The summed E-state index contributed by atoms with van der Waals surface area (Å²) >= 11 is 0. The van der Waals surface area contributed by atoms with E-state index in [-0.39, 0.29) is 17.2 Å². The summed E-state index contributed by atoms with van der Waals surface area (Å²) < 4.78 is 40.3. The summed E-state index contributed by atoms with van der Waals surface area (Å²) in [6, 6.07) is 5.37. The highest BCUT2D eigenvalue weighted by Gasteiger charge is 2.31. The van der Waals surface area contributed by atoms with Crippen molar-refractivity contribution in [2.75, 3.05) is 25.0 Å². The van der Waals surface area contributed by atoms with Gasteiger partial charge in [0.1, 0.15) is 5.75 Å². The molecule has 0 amide bonds. The van der Waals surface area contributed by atoms with Crippen molar-refractivity contribution in [2.45, 2.75) is 45.5 Å². The zero-order valence-corrected chi connectivity index (χ0v) is 15.4. The van der Waals surface area contributed by atoms with Crippen molar-refractivity contribution in [2.24, 2.45) is 16.6 Å². The van der Waals surface area contributed by atoms with Crippen LogP contribution in [0.15, 0.2) is 29.3 Å². The third-order valence-corrected chi connectivity index (χ3v) is 4.51. The Morgan fingerprint density at radius 1 is 1.31 bits per heavy atom. The van der Waals surface area contributed by atoms with E-state index in [0.717, 1.165) is 13.1 Å². The van der Waals surface area contributed by atoms with Gasteiger partial charge in [-0.2, -0.15) is 0 Å². The molecule has 26 heavy (non-hydrogen) atoms. The number of guanidine groups is 1. The van der Waals surface area contributed by atoms with Crippen LogP contribution in [0.4, 0.5) is 18.9 Å². The summed E-state index contributed by atoms with van der Waals surface area (Å²) in [4.78, 5) is 6.84. The normalized spacial score (nSPS) is 20.1. The zero-order chi connectivity index (χ0) is 19.4. The van der Waals surface area contributed by atoms with Crippen LogP contribution in [0.2, 0.25) is 0 Å². The van der Waals surface area contributed by atoms with Crippen molar-refractivity contribution in [3.8, 4) is 5.75 Å². The van der Waals surface area contributed by atoms with Crippen LogP contribution in [0.3, 0.4) is 0 Å². The molecule has 1 aliphatic heterocycles. The van der Waals surface area contributed by atoms with Gasteiger partial charge in [0.2, 0.25) is 0 Å². The number of hydrogen-bond acceptors (Lipinski definition) is 3. The summed E-state index contributed by atoms with van der Waals surface area (Å²) in [5.74, 6) is 0.631. The standard InChI is InChI=1S/C18H27F3N4O/c1-13-5-4-10-25(11-13)17(2,3)12-23-16(22)24-14-6-8-15(9-7-14)26-18(19,20)21/h6-9,13H,4-5,10-12H2,1-3H3,(H3,22,23,24). The minimum absolute atomic E-state index is 0.106. The highest BCUT2D eigenvalue weighted by atomic mass is 19.4. The second-order valence-electron chi connectivity index (χ2n) is 7.40. The Kier molecular flexibility index (Phi) is 6.39. The van der Waals surface area contributed by atoms with Gasteiger partial charge in [-0.05, 0) is 63.4 Å². The molecule has 0 spiro atoms. The Morgan fingerprint density at radius 3 is 2.54 bits per heavy atom. The molecule has 1 atom stereocenters. The predicted octanol–water partition coefficient (Wildman–Crippen LogP) is 3.82. The molecule has 3 N–H and O–H groups in total. The number of anilines is 1. The minimum Gasteiger partial charge on any atom is -0.406 e. The van der Waals surface area contributed by atoms with Crippen LogP contribution < -0.4 is 15.8 Å². The van der Waals surface area contributed by atoms with Gasteiger partial charge in [0, 0.05) is 17.8 Å². The Labute approximate surface area is 152 Å². The highest BCUT2D eigenvalue weighted by Crippen LogP contribution is 2.25. The first-order chi connectivity index (χ1) is 12.0. The van der Waals surface area contributed by atoms with E-state index in [1.807, 2.05) is 0 Å². The quantitative estimate of drug-likeness (QED) is 0.609. The van der Waals surface area contributed by atoms with Crippen LogP contribution in [-0.2, 0) is 0 Å². The second-order valence-corrected chi connectivity index (χ2v) is 7.40. The van der Waals surface area contributed by atoms with Crippen LogP contribution in [0.1, 0.15) is 33.6 Å². The fourth-order valence-electron chi connectivity index (χ4n) is 3.05. The molecule has 146 valence electrons. The van der Waals surface area contributed by atoms with E-state index in [9.17, 15) is 13.2 Å². The van der Waals surface area contributed by atoms with Crippen LogP contribution >= 0.6 is 0 Å². The van der Waals surface area contributed by atoms with Crippen LogP contribution in [0.5, 0.6) is 5.75 Å². The van der Waals surface area contributed by atoms with E-state index >= 15 is 0 Å². The number of likely N-dealkylation sites (tertiary alicyclic amines) is 1. The van der Waals surface area contributed by atoms with Crippen molar-refractivity contribution in [1.29, 1.82) is 0 Å². The molecule has 1 fully saturated rings. The third-order valence-electron chi connectivity index (χ3n) is 4.51. The number of alkyl halides is 3. The first-order valence-corrected chi connectivity index (χ1v) is 8.73. The summed E-state index contributed by atoms with van der Waals surface area (Å²) in [5.41, 5.74) is 6.36. The number of nitrogens with one attached hydrogen (secondary N) is 1. The molecular weight excluding hydrogens is 345 g/mol. The highest BCUT2D eigenvalue weighted by molar-refractivity contribution is 5.92. The SMILES string of the molecule is CC1CCCN(C(C)(C)CN=C(N)Nc2ccc(OC(F)(F)F)cc2)C1. The molecule has 1 heterocycles. The van der Waals surface area contributed by atoms with Gasteiger partial charge in [0.15, 0.2) is 5.96 Å². The Bertz CT molecular complexity index is 614. The first-order valence-electron chi connectivity index (χ1n) is 8.73. The number of halogens is 3. The van der Waals surface area contributed by atoms with Crippen molar-refractivity contribution < 1.29 is 17.9 Å². The maximum Gasteiger partial charge on any atom is 0.573 e. The maximum atomic E-state index is 12.2. The fraction of sp³-hybridized carbons (Fsp3) is 0.611. The number of benzene rings is 1. The molecule has 1 saturated heterocycles. The number of ether oxygens (including phenoxy) is 1. The summed E-state index contributed by atoms with van der Waals surface area (Å²) in [5, 5.41) is 2.89. The molecule has 1 unspecified atom stereocenters. The lowest BCUT2D eigenvalue weighted by molar-refractivity contribution is -0.274. The van der Waals surface area contributed by atoms with Gasteiger partial charge in [-0.15, -0.1) is 13.2 Å². The molecular formula is C18H27F3N4O. The largest absolute Gasteiger partial charge is 0.573 e. The molecule has 0 aliphatic carbocycles. The van der Waals surface area contributed by atoms with Crippen molar-refractivity contribution in [3.05, 3.63) is 24.3 Å². The number of nitrogens with zero attached hydrogens (tertiary/aromatic N) is 2. The number of nitrogens with two attached hydrogens (primary N) is 1.